The molecule has 4 nitrogen and oxygen atoms in total. The number of amides is 1. The zero-order chi connectivity index (χ0) is 12.6. The van der Waals surface area contributed by atoms with Crippen LogP contribution in [0.15, 0.2) is 36.5 Å². The SMILES string of the molecule is O=C(NC1(CO)CC1)c1cccc2ncccc12. The number of aliphatic hydroxyl groups excluding tert-OH is 1. The van der Waals surface area contributed by atoms with Crippen LogP contribution in [0.4, 0.5) is 0 Å². The lowest BCUT2D eigenvalue weighted by atomic mass is 10.1. The number of nitrogens with one attached hydrogen (secondary N) is 1. The second-order valence-electron chi connectivity index (χ2n) is 4.77. The van der Waals surface area contributed by atoms with E-state index < -0.39 is 0 Å². The summed E-state index contributed by atoms with van der Waals surface area (Å²) in [5, 5.41) is 13.0. The van der Waals surface area contributed by atoms with Crippen LogP contribution >= 0.6 is 0 Å². The van der Waals surface area contributed by atoms with Crippen LogP contribution < -0.4 is 5.32 Å². The number of rotatable bonds is 3. The Kier molecular flexibility index (Phi) is 2.52. The van der Waals surface area contributed by atoms with Crippen LogP contribution in [-0.4, -0.2) is 28.1 Å². The maximum Gasteiger partial charge on any atom is 0.252 e. The van der Waals surface area contributed by atoms with Crippen LogP contribution in [-0.2, 0) is 0 Å². The second-order valence-corrected chi connectivity index (χ2v) is 4.77. The third-order valence-corrected chi connectivity index (χ3v) is 3.43. The molecule has 0 atom stereocenters. The molecule has 2 N–H and O–H groups in total. The van der Waals surface area contributed by atoms with E-state index in [1.165, 1.54) is 0 Å². The van der Waals surface area contributed by atoms with Gasteiger partial charge in [0.25, 0.3) is 5.91 Å². The number of hydrogen-bond acceptors (Lipinski definition) is 3. The molecule has 92 valence electrons. The van der Waals surface area contributed by atoms with Gasteiger partial charge in [-0.15, -0.1) is 0 Å². The molecule has 1 saturated carbocycles. The highest BCUT2D eigenvalue weighted by Crippen LogP contribution is 2.35. The zero-order valence-corrected chi connectivity index (χ0v) is 9.89. The highest BCUT2D eigenvalue weighted by Gasteiger charge is 2.43. The summed E-state index contributed by atoms with van der Waals surface area (Å²) in [4.78, 5) is 16.5. The van der Waals surface area contributed by atoms with Crippen molar-refractivity contribution in [3.05, 3.63) is 42.1 Å². The Morgan fingerprint density at radius 3 is 2.89 bits per heavy atom. The molecule has 0 unspecified atom stereocenters. The van der Waals surface area contributed by atoms with Crippen molar-refractivity contribution >= 4 is 16.8 Å². The third kappa shape index (κ3) is 1.84. The van der Waals surface area contributed by atoms with E-state index in [0.717, 1.165) is 23.7 Å². The molecule has 4 heteroatoms. The number of aromatic nitrogens is 1. The van der Waals surface area contributed by atoms with Gasteiger partial charge in [0.1, 0.15) is 0 Å². The van der Waals surface area contributed by atoms with Gasteiger partial charge in [0.2, 0.25) is 0 Å². The summed E-state index contributed by atoms with van der Waals surface area (Å²) in [7, 11) is 0. The number of fused-ring (bicyclic) bond motifs is 1. The van der Waals surface area contributed by atoms with Gasteiger partial charge in [-0.1, -0.05) is 12.1 Å². The number of carbonyl (C=O) groups excluding carboxylic acids is 1. The molecule has 18 heavy (non-hydrogen) atoms. The minimum absolute atomic E-state index is 0.00174. The zero-order valence-electron chi connectivity index (χ0n) is 9.89. The van der Waals surface area contributed by atoms with Gasteiger partial charge in [-0.25, -0.2) is 0 Å². The number of carbonyl (C=O) groups is 1. The van der Waals surface area contributed by atoms with Crippen LogP contribution in [0.5, 0.6) is 0 Å². The van der Waals surface area contributed by atoms with E-state index in [0.29, 0.717) is 5.56 Å². The topological polar surface area (TPSA) is 62.2 Å². The van der Waals surface area contributed by atoms with E-state index in [2.05, 4.69) is 10.3 Å². The molecule has 1 aromatic heterocycles. The van der Waals surface area contributed by atoms with Crippen LogP contribution in [0.2, 0.25) is 0 Å². The molecule has 0 spiro atoms. The predicted octanol–water partition coefficient (Wildman–Crippen LogP) is 1.49. The van der Waals surface area contributed by atoms with Gasteiger partial charge < -0.3 is 10.4 Å². The van der Waals surface area contributed by atoms with Gasteiger partial charge in [0.15, 0.2) is 0 Å². The molecule has 0 radical (unpaired) electrons. The summed E-state index contributed by atoms with van der Waals surface area (Å²) in [6.07, 6.45) is 3.40. The first-order valence-corrected chi connectivity index (χ1v) is 6.01. The van der Waals surface area contributed by atoms with E-state index in [1.54, 1.807) is 12.3 Å². The minimum Gasteiger partial charge on any atom is -0.394 e. The lowest BCUT2D eigenvalue weighted by molar-refractivity contribution is 0.0908. The van der Waals surface area contributed by atoms with Gasteiger partial charge in [-0.05, 0) is 31.0 Å². The van der Waals surface area contributed by atoms with Gasteiger partial charge >= 0.3 is 0 Å². The molecule has 3 rings (SSSR count). The third-order valence-electron chi connectivity index (χ3n) is 3.43. The summed E-state index contributed by atoms with van der Waals surface area (Å²) in [5.74, 6) is -0.139. The van der Waals surface area contributed by atoms with Crippen molar-refractivity contribution < 1.29 is 9.90 Å². The Morgan fingerprint density at radius 2 is 2.17 bits per heavy atom. The van der Waals surface area contributed by atoms with Crippen LogP contribution in [0.3, 0.4) is 0 Å². The Morgan fingerprint density at radius 1 is 1.33 bits per heavy atom. The van der Waals surface area contributed by atoms with Crippen molar-refractivity contribution in [2.24, 2.45) is 0 Å². The highest BCUT2D eigenvalue weighted by molar-refractivity contribution is 6.06. The van der Waals surface area contributed by atoms with Gasteiger partial charge in [0, 0.05) is 17.1 Å². The average Bonchev–Trinajstić information content (AvgIpc) is 3.18. The highest BCUT2D eigenvalue weighted by atomic mass is 16.3. The molecule has 0 saturated heterocycles. The molecule has 1 aromatic carbocycles. The Balaban J connectivity index is 1.96. The lowest BCUT2D eigenvalue weighted by Crippen LogP contribution is -2.39. The maximum atomic E-state index is 12.2. The van der Waals surface area contributed by atoms with Crippen LogP contribution in [0.25, 0.3) is 10.9 Å². The molecule has 0 bridgehead atoms. The minimum atomic E-state index is -0.387. The van der Waals surface area contributed by atoms with Crippen molar-refractivity contribution in [3.63, 3.8) is 0 Å². The number of nitrogens with zero attached hydrogens (tertiary/aromatic N) is 1. The summed E-state index contributed by atoms with van der Waals surface area (Å²) in [6, 6.07) is 9.19. The van der Waals surface area contributed by atoms with Crippen molar-refractivity contribution in [1.82, 2.24) is 10.3 Å². The first-order valence-electron chi connectivity index (χ1n) is 6.01. The van der Waals surface area contributed by atoms with Crippen LogP contribution in [0.1, 0.15) is 23.2 Å². The Bertz CT molecular complexity index is 600. The smallest absolute Gasteiger partial charge is 0.252 e. The number of hydrogen-bond donors (Lipinski definition) is 2. The Hall–Kier alpha value is -1.94. The molecule has 2 aromatic rings. The monoisotopic (exact) mass is 242 g/mol. The van der Waals surface area contributed by atoms with E-state index in [-0.39, 0.29) is 18.1 Å². The number of benzene rings is 1. The molecule has 0 aliphatic heterocycles. The molecule has 1 aliphatic rings. The van der Waals surface area contributed by atoms with Crippen molar-refractivity contribution in [2.75, 3.05) is 6.61 Å². The molecule has 1 aliphatic carbocycles. The van der Waals surface area contributed by atoms with Crippen molar-refractivity contribution in [1.29, 1.82) is 0 Å². The fraction of sp³-hybridized carbons (Fsp3) is 0.286. The van der Waals surface area contributed by atoms with Gasteiger partial charge in [0.05, 0.1) is 17.7 Å². The fourth-order valence-corrected chi connectivity index (χ4v) is 2.08. The first-order chi connectivity index (χ1) is 8.74. The van der Waals surface area contributed by atoms with Crippen molar-refractivity contribution in [3.8, 4) is 0 Å². The fourth-order valence-electron chi connectivity index (χ4n) is 2.08. The average molecular weight is 242 g/mol. The number of pyridine rings is 1. The van der Waals surface area contributed by atoms with E-state index in [9.17, 15) is 9.90 Å². The van der Waals surface area contributed by atoms with Crippen LogP contribution in [0, 0.1) is 0 Å². The summed E-state index contributed by atoms with van der Waals surface area (Å²) >= 11 is 0. The maximum absolute atomic E-state index is 12.2. The summed E-state index contributed by atoms with van der Waals surface area (Å²) in [6.45, 7) is 0.00174. The normalized spacial score (nSPS) is 16.5. The standard InChI is InChI=1S/C14H14N2O2/c17-9-14(6-7-14)16-13(18)11-3-1-5-12-10(11)4-2-8-15-12/h1-5,8,17H,6-7,9H2,(H,16,18). The van der Waals surface area contributed by atoms with E-state index in [1.807, 2.05) is 24.3 Å². The Labute approximate surface area is 105 Å². The van der Waals surface area contributed by atoms with Gasteiger partial charge in [-0.3, -0.25) is 9.78 Å². The summed E-state index contributed by atoms with van der Waals surface area (Å²) < 4.78 is 0. The second kappa shape index (κ2) is 4.07. The summed E-state index contributed by atoms with van der Waals surface area (Å²) in [5.41, 5.74) is 1.03. The lowest BCUT2D eigenvalue weighted by Gasteiger charge is -2.15. The largest absolute Gasteiger partial charge is 0.394 e. The first kappa shape index (κ1) is 11.2. The van der Waals surface area contributed by atoms with E-state index in [4.69, 9.17) is 0 Å². The van der Waals surface area contributed by atoms with Crippen molar-refractivity contribution in [2.45, 2.75) is 18.4 Å². The molecule has 1 fully saturated rings. The van der Waals surface area contributed by atoms with E-state index >= 15 is 0 Å². The molecule has 1 amide bonds. The quantitative estimate of drug-likeness (QED) is 0.857. The molecular formula is C14H14N2O2. The molecular weight excluding hydrogens is 228 g/mol. The van der Waals surface area contributed by atoms with Gasteiger partial charge in [-0.2, -0.15) is 0 Å². The number of aliphatic hydroxyl groups is 1. The predicted molar refractivity (Wildman–Crippen MR) is 68.3 cm³/mol. The molecule has 1 heterocycles.